The number of hydrogen-bond donors (Lipinski definition) is 0. The highest BCUT2D eigenvalue weighted by atomic mass is 127. The van der Waals surface area contributed by atoms with Gasteiger partial charge in [-0.05, 0) is 59.0 Å². The van der Waals surface area contributed by atoms with E-state index in [0.29, 0.717) is 5.88 Å². The van der Waals surface area contributed by atoms with Crippen LogP contribution in [0.4, 0.5) is 0 Å². The Hall–Kier alpha value is -0.290. The summed E-state index contributed by atoms with van der Waals surface area (Å²) >= 11 is 8.32. The molecule has 1 aliphatic carbocycles. The summed E-state index contributed by atoms with van der Waals surface area (Å²) in [5.41, 5.74) is 2.29. The number of benzene rings is 1. The molecular weight excluding hydrogens is 347 g/mol. The van der Waals surface area contributed by atoms with Crippen molar-refractivity contribution in [1.29, 1.82) is 0 Å². The number of imidazole rings is 1. The van der Waals surface area contributed by atoms with Crippen LogP contribution in [0.25, 0.3) is 11.0 Å². The average Bonchev–Trinajstić information content (AvgIpc) is 2.88. The number of rotatable bonds is 3. The third-order valence-corrected chi connectivity index (χ3v) is 4.51. The largest absolute Gasteiger partial charge is 0.327 e. The minimum atomic E-state index is 0.492. The van der Waals surface area contributed by atoms with Crippen molar-refractivity contribution in [2.75, 3.05) is 0 Å². The molecule has 0 aliphatic heterocycles. The summed E-state index contributed by atoms with van der Waals surface area (Å²) in [6.07, 6.45) is 1.34. The molecule has 3 rings (SSSR count). The molecule has 0 spiro atoms. The third kappa shape index (κ3) is 2.19. The molecule has 0 saturated heterocycles. The number of alkyl halides is 1. The van der Waals surface area contributed by atoms with Crippen molar-refractivity contribution in [3.8, 4) is 0 Å². The van der Waals surface area contributed by atoms with Gasteiger partial charge in [-0.1, -0.05) is 6.92 Å². The van der Waals surface area contributed by atoms with Gasteiger partial charge in [-0.15, -0.1) is 11.6 Å². The van der Waals surface area contributed by atoms with E-state index in [-0.39, 0.29) is 0 Å². The van der Waals surface area contributed by atoms with Crippen molar-refractivity contribution in [3.63, 3.8) is 0 Å². The summed E-state index contributed by atoms with van der Waals surface area (Å²) < 4.78 is 3.52. The number of halogens is 2. The zero-order valence-corrected chi connectivity index (χ0v) is 12.6. The highest BCUT2D eigenvalue weighted by Crippen LogP contribution is 2.40. The Morgan fingerprint density at radius 1 is 1.53 bits per heavy atom. The highest BCUT2D eigenvalue weighted by molar-refractivity contribution is 14.1. The summed E-state index contributed by atoms with van der Waals surface area (Å²) in [5.74, 6) is 3.17. The molecule has 0 bridgehead atoms. The fourth-order valence-electron chi connectivity index (χ4n) is 2.35. The van der Waals surface area contributed by atoms with Crippen molar-refractivity contribution in [1.82, 2.24) is 9.55 Å². The van der Waals surface area contributed by atoms with Gasteiger partial charge in [-0.25, -0.2) is 4.98 Å². The molecule has 0 amide bonds. The molecule has 17 heavy (non-hydrogen) atoms. The lowest BCUT2D eigenvalue weighted by atomic mass is 10.3. The average molecular weight is 361 g/mol. The number of fused-ring (bicyclic) bond motifs is 1. The van der Waals surface area contributed by atoms with E-state index in [4.69, 9.17) is 11.6 Å². The molecule has 1 aromatic carbocycles. The van der Waals surface area contributed by atoms with Gasteiger partial charge in [0.2, 0.25) is 0 Å². The molecule has 90 valence electrons. The Labute approximate surface area is 120 Å². The van der Waals surface area contributed by atoms with Gasteiger partial charge >= 0.3 is 0 Å². The normalized spacial score (nSPS) is 23.2. The zero-order chi connectivity index (χ0) is 12.0. The first-order valence-electron chi connectivity index (χ1n) is 5.89. The van der Waals surface area contributed by atoms with Gasteiger partial charge in [-0.3, -0.25) is 0 Å². The fraction of sp³-hybridized carbons (Fsp3) is 0.462. The molecule has 2 unspecified atom stereocenters. The maximum atomic E-state index is 6.00. The van der Waals surface area contributed by atoms with Crippen LogP contribution in [0, 0.1) is 15.4 Å². The molecule has 1 saturated carbocycles. The van der Waals surface area contributed by atoms with Crippen LogP contribution in [0.1, 0.15) is 19.2 Å². The lowest BCUT2D eigenvalue weighted by molar-refractivity contribution is 0.591. The second-order valence-electron chi connectivity index (χ2n) is 4.88. The molecule has 1 fully saturated rings. The van der Waals surface area contributed by atoms with Gasteiger partial charge < -0.3 is 4.57 Å². The van der Waals surface area contributed by atoms with Crippen molar-refractivity contribution in [2.24, 2.45) is 11.8 Å². The highest BCUT2D eigenvalue weighted by Gasteiger charge is 2.33. The van der Waals surface area contributed by atoms with Crippen molar-refractivity contribution in [2.45, 2.75) is 25.8 Å². The minimum absolute atomic E-state index is 0.492. The van der Waals surface area contributed by atoms with E-state index in [2.05, 4.69) is 57.3 Å². The lowest BCUT2D eigenvalue weighted by Crippen LogP contribution is -2.04. The molecule has 2 aromatic rings. The summed E-state index contributed by atoms with van der Waals surface area (Å²) in [7, 11) is 0. The Kier molecular flexibility index (Phi) is 3.07. The maximum Gasteiger partial charge on any atom is 0.124 e. The summed E-state index contributed by atoms with van der Waals surface area (Å²) in [6, 6.07) is 6.42. The first kappa shape index (κ1) is 11.8. The fourth-order valence-corrected chi connectivity index (χ4v) is 3.03. The predicted molar refractivity (Wildman–Crippen MR) is 79.3 cm³/mol. The molecule has 2 nitrogen and oxygen atoms in total. The number of hydrogen-bond acceptors (Lipinski definition) is 1. The van der Waals surface area contributed by atoms with E-state index >= 15 is 0 Å². The topological polar surface area (TPSA) is 17.8 Å². The minimum Gasteiger partial charge on any atom is -0.327 e. The van der Waals surface area contributed by atoms with Crippen LogP contribution in [0.3, 0.4) is 0 Å². The standard InChI is InChI=1S/C13H14ClIN2/c1-8-4-9(8)7-17-12-3-2-10(15)5-11(12)16-13(17)6-14/h2-3,5,8-9H,4,6-7H2,1H3. The van der Waals surface area contributed by atoms with Crippen LogP contribution in [-0.4, -0.2) is 9.55 Å². The van der Waals surface area contributed by atoms with Crippen LogP contribution in [-0.2, 0) is 12.4 Å². The van der Waals surface area contributed by atoms with Crippen LogP contribution in [0.15, 0.2) is 18.2 Å². The number of aromatic nitrogens is 2. The van der Waals surface area contributed by atoms with Gasteiger partial charge in [0.05, 0.1) is 16.9 Å². The van der Waals surface area contributed by atoms with Crippen LogP contribution in [0.5, 0.6) is 0 Å². The van der Waals surface area contributed by atoms with Crippen LogP contribution < -0.4 is 0 Å². The predicted octanol–water partition coefficient (Wildman–Crippen LogP) is 4.04. The molecule has 1 aliphatic rings. The second-order valence-corrected chi connectivity index (χ2v) is 6.39. The quantitative estimate of drug-likeness (QED) is 0.597. The van der Waals surface area contributed by atoms with Gasteiger partial charge in [0.25, 0.3) is 0 Å². The second kappa shape index (κ2) is 4.43. The van der Waals surface area contributed by atoms with Crippen molar-refractivity contribution in [3.05, 3.63) is 27.6 Å². The molecular formula is C13H14ClIN2. The van der Waals surface area contributed by atoms with E-state index in [9.17, 15) is 0 Å². The number of nitrogens with zero attached hydrogens (tertiary/aromatic N) is 2. The smallest absolute Gasteiger partial charge is 0.124 e. The third-order valence-electron chi connectivity index (χ3n) is 3.60. The molecule has 1 heterocycles. The lowest BCUT2D eigenvalue weighted by Gasteiger charge is -2.06. The Balaban J connectivity index is 2.06. The SMILES string of the molecule is CC1CC1Cn1c(CCl)nc2cc(I)ccc21. The van der Waals surface area contributed by atoms with Gasteiger partial charge in [-0.2, -0.15) is 0 Å². The zero-order valence-electron chi connectivity index (χ0n) is 9.66. The van der Waals surface area contributed by atoms with Gasteiger partial charge in [0, 0.05) is 10.1 Å². The first-order chi connectivity index (χ1) is 8.19. The molecule has 0 N–H and O–H groups in total. The van der Waals surface area contributed by atoms with Crippen molar-refractivity contribution >= 4 is 45.2 Å². The van der Waals surface area contributed by atoms with E-state index in [1.165, 1.54) is 15.5 Å². The first-order valence-corrected chi connectivity index (χ1v) is 7.51. The summed E-state index contributed by atoms with van der Waals surface area (Å²) in [5, 5.41) is 0. The Morgan fingerprint density at radius 2 is 2.29 bits per heavy atom. The Morgan fingerprint density at radius 3 is 2.94 bits per heavy atom. The van der Waals surface area contributed by atoms with Crippen LogP contribution >= 0.6 is 34.2 Å². The Bertz CT molecular complexity index is 564. The maximum absolute atomic E-state index is 6.00. The van der Waals surface area contributed by atoms with E-state index < -0.39 is 0 Å². The molecule has 1 aromatic heterocycles. The van der Waals surface area contributed by atoms with Crippen LogP contribution in [0.2, 0.25) is 0 Å². The van der Waals surface area contributed by atoms with E-state index in [1.54, 1.807) is 0 Å². The van der Waals surface area contributed by atoms with Crippen molar-refractivity contribution < 1.29 is 0 Å². The van der Waals surface area contributed by atoms with Gasteiger partial charge in [0.15, 0.2) is 0 Å². The molecule has 4 heteroatoms. The molecule has 2 atom stereocenters. The molecule has 0 radical (unpaired) electrons. The summed E-state index contributed by atoms with van der Waals surface area (Å²) in [6.45, 7) is 3.38. The summed E-state index contributed by atoms with van der Waals surface area (Å²) in [4.78, 5) is 4.62. The van der Waals surface area contributed by atoms with E-state index in [0.717, 1.165) is 29.7 Å². The monoisotopic (exact) mass is 360 g/mol. The van der Waals surface area contributed by atoms with Gasteiger partial charge in [0.1, 0.15) is 5.82 Å². The van der Waals surface area contributed by atoms with E-state index in [1.807, 2.05) is 0 Å².